The zero-order chi connectivity index (χ0) is 28.3. The van der Waals surface area contributed by atoms with Crippen molar-refractivity contribution in [3.63, 3.8) is 0 Å². The van der Waals surface area contributed by atoms with Gasteiger partial charge in [-0.3, -0.25) is 9.59 Å². The van der Waals surface area contributed by atoms with Gasteiger partial charge >= 0.3 is 12.1 Å². The van der Waals surface area contributed by atoms with Crippen LogP contribution in [-0.2, 0) is 17.4 Å². The zero-order valence-electron chi connectivity index (χ0n) is 22.2. The quantitative estimate of drug-likeness (QED) is 0.295. The van der Waals surface area contributed by atoms with Crippen LogP contribution in [0.25, 0.3) is 0 Å². The number of Topliss-reactive ketones (excluding diaryl/α,β-unsaturated/α-hetero) is 1. The molecule has 40 heavy (non-hydrogen) atoms. The first-order valence-corrected chi connectivity index (χ1v) is 13.9. The Morgan fingerprint density at radius 2 is 1.48 bits per heavy atom. The summed E-state index contributed by atoms with van der Waals surface area (Å²) < 4.78 is 47.0. The number of oxazole rings is 1. The lowest BCUT2D eigenvalue weighted by atomic mass is 9.77. The molecule has 2 fully saturated rings. The van der Waals surface area contributed by atoms with Crippen LogP contribution in [0, 0.1) is 5.92 Å². The molecule has 0 spiro atoms. The largest absolute Gasteiger partial charge is 0.481 e. The second-order valence-corrected chi connectivity index (χ2v) is 11.0. The second-order valence-electron chi connectivity index (χ2n) is 11.0. The molecular weight excluding hydrogens is 521 g/mol. The molecule has 0 amide bonds. The van der Waals surface area contributed by atoms with Gasteiger partial charge in [0.05, 0.1) is 0 Å². The molecule has 2 aliphatic rings. The van der Waals surface area contributed by atoms with Gasteiger partial charge in [-0.05, 0) is 73.0 Å². The zero-order valence-corrected chi connectivity index (χ0v) is 22.2. The van der Waals surface area contributed by atoms with E-state index in [1.54, 1.807) is 17.0 Å². The van der Waals surface area contributed by atoms with Gasteiger partial charge in [0, 0.05) is 25.9 Å². The van der Waals surface area contributed by atoms with Gasteiger partial charge in [-0.25, -0.2) is 0 Å². The van der Waals surface area contributed by atoms with Crippen LogP contribution in [0.1, 0.15) is 89.7 Å². The Morgan fingerprint density at radius 3 is 2.08 bits per heavy atom. The lowest BCUT2D eigenvalue weighted by Crippen LogP contribution is -2.33. The van der Waals surface area contributed by atoms with Crippen molar-refractivity contribution in [3.05, 3.63) is 82.7 Å². The summed E-state index contributed by atoms with van der Waals surface area (Å²) in [5.41, 5.74) is 1.63. The van der Waals surface area contributed by atoms with Crippen molar-refractivity contribution in [3.8, 4) is 0 Å². The van der Waals surface area contributed by atoms with E-state index in [0.29, 0.717) is 30.5 Å². The van der Waals surface area contributed by atoms with E-state index in [9.17, 15) is 22.8 Å². The van der Waals surface area contributed by atoms with Crippen LogP contribution in [0.3, 0.4) is 0 Å². The van der Waals surface area contributed by atoms with Crippen LogP contribution >= 0.6 is 0 Å². The van der Waals surface area contributed by atoms with E-state index in [0.717, 1.165) is 44.1 Å². The monoisotopic (exact) mass is 554 g/mol. The third-order valence-corrected chi connectivity index (χ3v) is 8.30. The lowest BCUT2D eigenvalue weighted by Gasteiger charge is -2.31. The summed E-state index contributed by atoms with van der Waals surface area (Å²) in [4.78, 5) is 29.4. The van der Waals surface area contributed by atoms with Crippen molar-refractivity contribution in [2.24, 2.45) is 5.92 Å². The number of carboxylic acids is 1. The number of hydrogen-bond acceptors (Lipinski definition) is 5. The predicted molar refractivity (Wildman–Crippen MR) is 144 cm³/mol. The lowest BCUT2D eigenvalue weighted by molar-refractivity contribution is -0.141. The number of carbonyl (C=O) groups is 2. The maximum absolute atomic E-state index is 13.8. The fourth-order valence-corrected chi connectivity index (χ4v) is 6.07. The predicted octanol–water partition coefficient (Wildman–Crippen LogP) is 7.25. The van der Waals surface area contributed by atoms with E-state index in [2.05, 4.69) is 17.1 Å². The Balaban J connectivity index is 1.23. The standard InChI is InChI=1S/C31H33F3N2O4/c32-31(33,34)29-28(40-30(35-29)36-16-14-25(15-17-36)22-4-2-1-3-5-22)26(37)18-20-6-10-23(11-7-20)24-12-8-21(9-13-24)19-27(38)39/h1-7,10-11,21,24-25H,8-9,12-19H2,(H,38,39). The fourth-order valence-electron chi connectivity index (χ4n) is 6.07. The average molecular weight is 555 g/mol. The third kappa shape index (κ3) is 6.57. The summed E-state index contributed by atoms with van der Waals surface area (Å²) in [5, 5.41) is 9.01. The molecule has 6 nitrogen and oxygen atoms in total. The Morgan fingerprint density at radius 1 is 0.875 bits per heavy atom. The molecule has 0 unspecified atom stereocenters. The van der Waals surface area contributed by atoms with E-state index in [-0.39, 0.29) is 24.8 Å². The van der Waals surface area contributed by atoms with E-state index < -0.39 is 29.4 Å². The number of ketones is 1. The van der Waals surface area contributed by atoms with Crippen molar-refractivity contribution < 1.29 is 32.3 Å². The van der Waals surface area contributed by atoms with E-state index in [1.807, 2.05) is 30.3 Å². The van der Waals surface area contributed by atoms with Crippen LogP contribution < -0.4 is 4.90 Å². The molecule has 5 rings (SSSR count). The fraction of sp³-hybridized carbons (Fsp3) is 0.452. The Labute approximate surface area is 231 Å². The van der Waals surface area contributed by atoms with Crippen molar-refractivity contribution in [1.82, 2.24) is 4.98 Å². The van der Waals surface area contributed by atoms with Gasteiger partial charge in [0.2, 0.25) is 11.5 Å². The first kappa shape index (κ1) is 27.9. The highest BCUT2D eigenvalue weighted by Gasteiger charge is 2.42. The van der Waals surface area contributed by atoms with Crippen molar-refractivity contribution in [2.45, 2.75) is 69.4 Å². The SMILES string of the molecule is O=C(O)CC1CCC(c2ccc(CC(=O)c3oc(N4CCC(c5ccccc5)CC4)nc3C(F)(F)F)cc2)CC1. The number of aromatic nitrogens is 1. The van der Waals surface area contributed by atoms with Crippen molar-refractivity contribution in [1.29, 1.82) is 0 Å². The number of piperidine rings is 1. The number of carboxylic acid groups (broad SMARTS) is 1. The summed E-state index contributed by atoms with van der Waals surface area (Å²) in [7, 11) is 0. The molecular formula is C31H33F3N2O4. The Hall–Kier alpha value is -3.62. The molecule has 0 radical (unpaired) electrons. The molecule has 1 aliphatic carbocycles. The summed E-state index contributed by atoms with van der Waals surface area (Å²) in [6.07, 6.45) is 0.184. The molecule has 1 aromatic heterocycles. The van der Waals surface area contributed by atoms with E-state index >= 15 is 0 Å². The van der Waals surface area contributed by atoms with Gasteiger partial charge in [0.25, 0.3) is 6.01 Å². The second kappa shape index (κ2) is 11.9. The highest BCUT2D eigenvalue weighted by molar-refractivity contribution is 5.96. The van der Waals surface area contributed by atoms with Gasteiger partial charge in [-0.2, -0.15) is 18.2 Å². The van der Waals surface area contributed by atoms with Crippen LogP contribution in [0.15, 0.2) is 59.0 Å². The molecule has 1 aliphatic heterocycles. The maximum atomic E-state index is 13.8. The number of anilines is 1. The molecule has 1 saturated heterocycles. The maximum Gasteiger partial charge on any atom is 0.437 e. The minimum atomic E-state index is -4.81. The summed E-state index contributed by atoms with van der Waals surface area (Å²) in [6.45, 7) is 0.982. The molecule has 1 N–H and O–H groups in total. The number of nitrogens with zero attached hydrogens (tertiary/aromatic N) is 2. The van der Waals surface area contributed by atoms with Crippen molar-refractivity contribution >= 4 is 17.8 Å². The highest BCUT2D eigenvalue weighted by Crippen LogP contribution is 2.38. The highest BCUT2D eigenvalue weighted by atomic mass is 19.4. The molecule has 0 bridgehead atoms. The molecule has 212 valence electrons. The van der Waals surface area contributed by atoms with Crippen LogP contribution in [0.4, 0.5) is 19.2 Å². The number of halogens is 3. The van der Waals surface area contributed by atoms with Crippen molar-refractivity contribution in [2.75, 3.05) is 18.0 Å². The molecule has 1 saturated carbocycles. The first-order chi connectivity index (χ1) is 19.2. The summed E-state index contributed by atoms with van der Waals surface area (Å²) >= 11 is 0. The van der Waals surface area contributed by atoms with E-state index in [1.165, 1.54) is 5.56 Å². The number of rotatable bonds is 8. The number of benzene rings is 2. The van der Waals surface area contributed by atoms with Crippen LogP contribution in [-0.4, -0.2) is 34.9 Å². The van der Waals surface area contributed by atoms with Gasteiger partial charge in [0.15, 0.2) is 5.69 Å². The minimum Gasteiger partial charge on any atom is -0.481 e. The Kier molecular flexibility index (Phi) is 8.28. The molecule has 2 aromatic carbocycles. The minimum absolute atomic E-state index is 0.156. The summed E-state index contributed by atoms with van der Waals surface area (Å²) in [5.74, 6) is -1.43. The van der Waals surface area contributed by atoms with Gasteiger partial charge in [-0.15, -0.1) is 0 Å². The van der Waals surface area contributed by atoms with Gasteiger partial charge < -0.3 is 14.4 Å². The van der Waals surface area contributed by atoms with Crippen LogP contribution in [0.5, 0.6) is 0 Å². The normalized spacial score (nSPS) is 20.4. The number of alkyl halides is 3. The van der Waals surface area contributed by atoms with Crippen LogP contribution in [0.2, 0.25) is 0 Å². The van der Waals surface area contributed by atoms with Gasteiger partial charge in [-0.1, -0.05) is 54.6 Å². The average Bonchev–Trinajstić information content (AvgIpc) is 3.41. The number of hydrogen-bond donors (Lipinski definition) is 1. The summed E-state index contributed by atoms with van der Waals surface area (Å²) in [6, 6.07) is 17.2. The molecule has 3 aromatic rings. The third-order valence-electron chi connectivity index (χ3n) is 8.30. The van der Waals surface area contributed by atoms with E-state index in [4.69, 9.17) is 9.52 Å². The Bertz CT molecular complexity index is 1300. The number of carbonyl (C=O) groups excluding carboxylic acids is 1. The molecule has 2 heterocycles. The topological polar surface area (TPSA) is 83.6 Å². The van der Waals surface area contributed by atoms with Gasteiger partial charge in [0.1, 0.15) is 0 Å². The first-order valence-electron chi connectivity index (χ1n) is 13.9. The molecule has 9 heteroatoms. The smallest absolute Gasteiger partial charge is 0.437 e. The molecule has 0 atom stereocenters. The number of aliphatic carboxylic acids is 1.